The van der Waals surface area contributed by atoms with Gasteiger partial charge in [0.05, 0.1) is 0 Å². The topological polar surface area (TPSA) is 0 Å². The maximum absolute atomic E-state index is 2.24. The SMILES string of the molecule is C1=CCC=C1.C1=CCCC1.CC.CC.CC. The van der Waals surface area contributed by atoms with Gasteiger partial charge in [-0.05, 0) is 25.7 Å². The summed E-state index contributed by atoms with van der Waals surface area (Å²) in [5, 5.41) is 0. The highest BCUT2D eigenvalue weighted by Crippen LogP contribution is 2.05. The smallest absolute Gasteiger partial charge is 0.0163 e. The van der Waals surface area contributed by atoms with E-state index in [-0.39, 0.29) is 0 Å². The van der Waals surface area contributed by atoms with E-state index in [0.29, 0.717) is 0 Å². The zero-order valence-corrected chi connectivity index (χ0v) is 12.3. The molecule has 0 saturated carbocycles. The van der Waals surface area contributed by atoms with Crippen LogP contribution in [0.4, 0.5) is 0 Å². The van der Waals surface area contributed by atoms with Gasteiger partial charge < -0.3 is 0 Å². The van der Waals surface area contributed by atoms with Gasteiger partial charge in [0.15, 0.2) is 0 Å². The average molecular weight is 224 g/mol. The van der Waals surface area contributed by atoms with E-state index in [4.69, 9.17) is 0 Å². The molecule has 0 amide bonds. The molecule has 0 heteroatoms. The fourth-order valence-corrected chi connectivity index (χ4v) is 0.982. The van der Waals surface area contributed by atoms with Crippen LogP contribution in [0.3, 0.4) is 0 Å². The Bertz CT molecular complexity index is 133. The molecule has 0 saturated heterocycles. The first-order chi connectivity index (χ1) is 8.00. The number of allylic oxidation sites excluding steroid dienone is 6. The third-order valence-corrected chi connectivity index (χ3v) is 1.56. The quantitative estimate of drug-likeness (QED) is 0.423. The summed E-state index contributed by atoms with van der Waals surface area (Å²) in [6, 6.07) is 0. The third kappa shape index (κ3) is 23.2. The Morgan fingerprint density at radius 2 is 0.938 bits per heavy atom. The first-order valence-electron chi connectivity index (χ1n) is 6.97. The van der Waals surface area contributed by atoms with Crippen molar-refractivity contribution in [1.82, 2.24) is 0 Å². The van der Waals surface area contributed by atoms with Gasteiger partial charge in [-0.25, -0.2) is 0 Å². The van der Waals surface area contributed by atoms with Crippen molar-refractivity contribution in [2.75, 3.05) is 0 Å². The molecule has 0 aliphatic heterocycles. The summed E-state index contributed by atoms with van der Waals surface area (Å²) >= 11 is 0. The Kier molecular flexibility index (Phi) is 37.7. The van der Waals surface area contributed by atoms with Crippen molar-refractivity contribution in [2.24, 2.45) is 0 Å². The predicted molar refractivity (Wildman–Crippen MR) is 79.9 cm³/mol. The Morgan fingerprint density at radius 3 is 1.06 bits per heavy atom. The summed E-state index contributed by atoms with van der Waals surface area (Å²) in [4.78, 5) is 0. The molecule has 0 nitrogen and oxygen atoms in total. The van der Waals surface area contributed by atoms with E-state index in [2.05, 4.69) is 36.5 Å². The van der Waals surface area contributed by atoms with E-state index in [1.54, 1.807) is 0 Å². The second-order valence-electron chi connectivity index (χ2n) is 2.49. The second kappa shape index (κ2) is 29.2. The summed E-state index contributed by atoms with van der Waals surface area (Å²) < 4.78 is 0. The molecule has 0 bridgehead atoms. The largest absolute Gasteiger partial charge is 0.0885 e. The van der Waals surface area contributed by atoms with Crippen LogP contribution in [-0.2, 0) is 0 Å². The molecular weight excluding hydrogens is 192 g/mol. The lowest BCUT2D eigenvalue weighted by molar-refractivity contribution is 0.929. The minimum absolute atomic E-state index is 1.14. The van der Waals surface area contributed by atoms with Crippen LogP contribution in [0.25, 0.3) is 0 Å². The van der Waals surface area contributed by atoms with E-state index in [9.17, 15) is 0 Å². The van der Waals surface area contributed by atoms with Gasteiger partial charge in [0.25, 0.3) is 0 Å². The van der Waals surface area contributed by atoms with Gasteiger partial charge in [0.1, 0.15) is 0 Å². The van der Waals surface area contributed by atoms with Gasteiger partial charge in [-0.2, -0.15) is 0 Å². The van der Waals surface area contributed by atoms with Crippen molar-refractivity contribution in [3.8, 4) is 0 Å². The van der Waals surface area contributed by atoms with Gasteiger partial charge in [-0.3, -0.25) is 0 Å². The molecule has 0 spiro atoms. The molecule has 2 rings (SSSR count). The molecule has 0 N–H and O–H groups in total. The van der Waals surface area contributed by atoms with E-state index >= 15 is 0 Å². The number of rotatable bonds is 0. The number of hydrogen-bond acceptors (Lipinski definition) is 0. The van der Waals surface area contributed by atoms with Crippen molar-refractivity contribution >= 4 is 0 Å². The second-order valence-corrected chi connectivity index (χ2v) is 2.49. The lowest BCUT2D eigenvalue weighted by atomic mass is 10.4. The normalized spacial score (nSPS) is 13.1. The Balaban J connectivity index is -0.000000146. The van der Waals surface area contributed by atoms with Crippen LogP contribution in [-0.4, -0.2) is 0 Å². The van der Waals surface area contributed by atoms with Crippen LogP contribution in [0, 0.1) is 0 Å². The highest BCUT2D eigenvalue weighted by Gasteiger charge is 1.84. The molecule has 0 fully saturated rings. The molecule has 0 radical (unpaired) electrons. The van der Waals surface area contributed by atoms with Crippen LogP contribution >= 0.6 is 0 Å². The van der Waals surface area contributed by atoms with Crippen LogP contribution in [0.1, 0.15) is 67.2 Å². The predicted octanol–water partition coefficient (Wildman–Crippen LogP) is 6.31. The number of hydrogen-bond donors (Lipinski definition) is 0. The molecule has 0 aromatic carbocycles. The van der Waals surface area contributed by atoms with Crippen molar-refractivity contribution in [1.29, 1.82) is 0 Å². The zero-order valence-electron chi connectivity index (χ0n) is 12.3. The highest BCUT2D eigenvalue weighted by molar-refractivity contribution is 5.11. The third-order valence-electron chi connectivity index (χ3n) is 1.56. The highest BCUT2D eigenvalue weighted by atomic mass is 13.9. The van der Waals surface area contributed by atoms with E-state index in [1.165, 1.54) is 19.3 Å². The van der Waals surface area contributed by atoms with Gasteiger partial charge >= 0.3 is 0 Å². The Hall–Kier alpha value is -0.780. The van der Waals surface area contributed by atoms with E-state index in [1.807, 2.05) is 41.5 Å². The van der Waals surface area contributed by atoms with Gasteiger partial charge in [-0.1, -0.05) is 78.0 Å². The lowest BCUT2D eigenvalue weighted by Crippen LogP contribution is -1.50. The van der Waals surface area contributed by atoms with Crippen molar-refractivity contribution < 1.29 is 0 Å². The van der Waals surface area contributed by atoms with Crippen LogP contribution in [0.2, 0.25) is 0 Å². The summed E-state index contributed by atoms with van der Waals surface area (Å²) in [5.41, 5.74) is 0. The minimum Gasteiger partial charge on any atom is -0.0885 e. The molecule has 96 valence electrons. The lowest BCUT2D eigenvalue weighted by Gasteiger charge is -1.69. The molecule has 0 unspecified atom stereocenters. The standard InChI is InChI=1S/C5H8.C5H6.3C2H6/c2*1-2-4-5-3-1;3*1-2/h1-2H,3-5H2;1-4H,5H2;3*1-2H3. The van der Waals surface area contributed by atoms with Gasteiger partial charge in [-0.15, -0.1) is 0 Å². The minimum atomic E-state index is 1.14. The summed E-state index contributed by atoms with van der Waals surface area (Å²) in [6.07, 6.45) is 18.0. The molecule has 0 atom stereocenters. The van der Waals surface area contributed by atoms with E-state index in [0.717, 1.165) is 6.42 Å². The molecule has 2 aliphatic carbocycles. The molecule has 0 heterocycles. The zero-order chi connectivity index (χ0) is 13.1. The van der Waals surface area contributed by atoms with Crippen LogP contribution in [0.15, 0.2) is 36.5 Å². The summed E-state index contributed by atoms with van der Waals surface area (Å²) in [6.45, 7) is 12.0. The fourth-order valence-electron chi connectivity index (χ4n) is 0.982. The Morgan fingerprint density at radius 1 is 0.562 bits per heavy atom. The summed E-state index contributed by atoms with van der Waals surface area (Å²) in [7, 11) is 0. The van der Waals surface area contributed by atoms with Crippen molar-refractivity contribution in [3.05, 3.63) is 36.5 Å². The van der Waals surface area contributed by atoms with Crippen LogP contribution in [0.5, 0.6) is 0 Å². The molecule has 2 aliphatic rings. The Labute approximate surface area is 104 Å². The van der Waals surface area contributed by atoms with Crippen molar-refractivity contribution in [2.45, 2.75) is 67.2 Å². The summed E-state index contributed by atoms with van der Waals surface area (Å²) in [5.74, 6) is 0. The fraction of sp³-hybridized carbons (Fsp3) is 0.625. The van der Waals surface area contributed by atoms with Gasteiger partial charge in [0, 0.05) is 0 Å². The van der Waals surface area contributed by atoms with E-state index < -0.39 is 0 Å². The average Bonchev–Trinajstić information content (AvgIpc) is 3.14. The maximum atomic E-state index is 2.24. The van der Waals surface area contributed by atoms with Crippen LogP contribution < -0.4 is 0 Å². The maximum Gasteiger partial charge on any atom is -0.0163 e. The molecular formula is C16H32. The first kappa shape index (κ1) is 20.6. The molecule has 0 aromatic rings. The molecule has 0 aromatic heterocycles. The van der Waals surface area contributed by atoms with Crippen molar-refractivity contribution in [3.63, 3.8) is 0 Å². The first-order valence-corrected chi connectivity index (χ1v) is 6.97. The van der Waals surface area contributed by atoms with Gasteiger partial charge in [0.2, 0.25) is 0 Å². The monoisotopic (exact) mass is 224 g/mol. The molecule has 16 heavy (non-hydrogen) atoms.